The van der Waals surface area contributed by atoms with Crippen LogP contribution in [0.2, 0.25) is 0 Å². The third kappa shape index (κ3) is 2.57. The molecule has 136 valence electrons. The molecule has 0 aliphatic heterocycles. The lowest BCUT2D eigenvalue weighted by molar-refractivity contribution is 1.06. The SMILES string of the molecule is c1ccc(-n2cnc3c(NC4CC4)nc(-c4csc5ccccc45)nc32)cc1. The Bertz CT molecular complexity index is 1300. The van der Waals surface area contributed by atoms with Gasteiger partial charge in [-0.25, -0.2) is 15.0 Å². The lowest BCUT2D eigenvalue weighted by Crippen LogP contribution is -2.06. The van der Waals surface area contributed by atoms with Gasteiger partial charge in [-0.1, -0.05) is 36.4 Å². The quantitative estimate of drug-likeness (QED) is 0.459. The van der Waals surface area contributed by atoms with Gasteiger partial charge in [-0.3, -0.25) is 4.57 Å². The second-order valence-corrected chi connectivity index (χ2v) is 7.99. The summed E-state index contributed by atoms with van der Waals surface area (Å²) in [6.07, 6.45) is 4.20. The number of hydrogen-bond acceptors (Lipinski definition) is 5. The maximum Gasteiger partial charge on any atom is 0.170 e. The average molecular weight is 383 g/mol. The monoisotopic (exact) mass is 383 g/mol. The normalized spacial score (nSPS) is 14.0. The van der Waals surface area contributed by atoms with Crippen molar-refractivity contribution in [2.24, 2.45) is 0 Å². The molecule has 5 aromatic rings. The van der Waals surface area contributed by atoms with Gasteiger partial charge in [0.2, 0.25) is 0 Å². The molecule has 6 rings (SSSR count). The molecule has 5 nitrogen and oxygen atoms in total. The molecule has 1 fully saturated rings. The lowest BCUT2D eigenvalue weighted by atomic mass is 10.1. The summed E-state index contributed by atoms with van der Waals surface area (Å²) in [6, 6.07) is 19.1. The Morgan fingerprint density at radius 3 is 2.64 bits per heavy atom. The molecular formula is C22H17N5S. The Balaban J connectivity index is 1.60. The Morgan fingerprint density at radius 1 is 0.964 bits per heavy atom. The van der Waals surface area contributed by atoms with Crippen LogP contribution in [0.4, 0.5) is 5.82 Å². The lowest BCUT2D eigenvalue weighted by Gasteiger charge is -2.09. The van der Waals surface area contributed by atoms with Crippen molar-refractivity contribution < 1.29 is 0 Å². The molecule has 1 saturated carbocycles. The van der Waals surface area contributed by atoms with Crippen LogP contribution >= 0.6 is 11.3 Å². The number of para-hydroxylation sites is 1. The first-order chi connectivity index (χ1) is 13.9. The van der Waals surface area contributed by atoms with E-state index in [1.165, 1.54) is 22.9 Å². The largest absolute Gasteiger partial charge is 0.365 e. The standard InChI is InChI=1S/C22H17N5S/c1-2-6-15(7-3-1)27-13-23-19-21(24-14-10-11-14)25-20(26-22(19)27)17-12-28-18-9-5-4-8-16(17)18/h1-9,12-14H,10-11H2,(H,24,25,26). The third-order valence-electron chi connectivity index (χ3n) is 5.07. The fourth-order valence-corrected chi connectivity index (χ4v) is 4.41. The summed E-state index contributed by atoms with van der Waals surface area (Å²) in [5.41, 5.74) is 3.76. The summed E-state index contributed by atoms with van der Waals surface area (Å²) in [5.74, 6) is 1.57. The summed E-state index contributed by atoms with van der Waals surface area (Å²) in [7, 11) is 0. The zero-order chi connectivity index (χ0) is 18.5. The van der Waals surface area contributed by atoms with E-state index in [4.69, 9.17) is 9.97 Å². The van der Waals surface area contributed by atoms with Crippen molar-refractivity contribution in [2.45, 2.75) is 18.9 Å². The number of fused-ring (bicyclic) bond motifs is 2. The Hall–Kier alpha value is -3.25. The van der Waals surface area contributed by atoms with Crippen LogP contribution in [0.3, 0.4) is 0 Å². The van der Waals surface area contributed by atoms with Crippen LogP contribution in [0, 0.1) is 0 Å². The van der Waals surface area contributed by atoms with E-state index in [1.807, 2.05) is 29.1 Å². The molecule has 2 aromatic carbocycles. The molecule has 6 heteroatoms. The summed E-state index contributed by atoms with van der Waals surface area (Å²) in [5, 5.41) is 6.89. The van der Waals surface area contributed by atoms with Crippen LogP contribution in [0.25, 0.3) is 38.3 Å². The van der Waals surface area contributed by atoms with Crippen molar-refractivity contribution in [2.75, 3.05) is 5.32 Å². The minimum atomic E-state index is 0.493. The first-order valence-electron chi connectivity index (χ1n) is 9.40. The molecule has 0 amide bonds. The number of benzene rings is 2. The average Bonchev–Trinajstić information content (AvgIpc) is 3.28. The highest BCUT2D eigenvalue weighted by atomic mass is 32.1. The predicted molar refractivity (Wildman–Crippen MR) is 114 cm³/mol. The van der Waals surface area contributed by atoms with Gasteiger partial charge in [0.25, 0.3) is 0 Å². The molecule has 0 unspecified atom stereocenters. The number of aromatic nitrogens is 4. The molecule has 1 aliphatic carbocycles. The Kier molecular flexibility index (Phi) is 3.46. The van der Waals surface area contributed by atoms with Crippen molar-refractivity contribution in [1.29, 1.82) is 0 Å². The smallest absolute Gasteiger partial charge is 0.170 e. The van der Waals surface area contributed by atoms with Crippen LogP contribution < -0.4 is 5.32 Å². The van der Waals surface area contributed by atoms with Gasteiger partial charge < -0.3 is 5.32 Å². The Labute approximate surface area is 165 Å². The van der Waals surface area contributed by atoms with E-state index in [1.54, 1.807) is 11.3 Å². The van der Waals surface area contributed by atoms with E-state index < -0.39 is 0 Å². The number of anilines is 1. The second kappa shape index (κ2) is 6.14. The van der Waals surface area contributed by atoms with Gasteiger partial charge in [-0.15, -0.1) is 11.3 Å². The van der Waals surface area contributed by atoms with Crippen LogP contribution in [-0.4, -0.2) is 25.6 Å². The minimum absolute atomic E-state index is 0.493. The fourth-order valence-electron chi connectivity index (χ4n) is 3.47. The fraction of sp³-hybridized carbons (Fsp3) is 0.136. The van der Waals surface area contributed by atoms with E-state index in [-0.39, 0.29) is 0 Å². The number of imidazole rings is 1. The molecule has 28 heavy (non-hydrogen) atoms. The van der Waals surface area contributed by atoms with Crippen LogP contribution in [-0.2, 0) is 0 Å². The number of thiophene rings is 1. The highest BCUT2D eigenvalue weighted by molar-refractivity contribution is 7.17. The topological polar surface area (TPSA) is 55.6 Å². The highest BCUT2D eigenvalue weighted by Crippen LogP contribution is 2.35. The molecule has 0 spiro atoms. The maximum absolute atomic E-state index is 4.95. The van der Waals surface area contributed by atoms with Gasteiger partial charge in [0.1, 0.15) is 6.33 Å². The minimum Gasteiger partial charge on any atom is -0.365 e. The van der Waals surface area contributed by atoms with Crippen molar-refractivity contribution >= 4 is 38.4 Å². The van der Waals surface area contributed by atoms with Gasteiger partial charge in [0.15, 0.2) is 22.8 Å². The summed E-state index contributed by atoms with van der Waals surface area (Å²) in [4.78, 5) is 14.5. The van der Waals surface area contributed by atoms with Gasteiger partial charge >= 0.3 is 0 Å². The van der Waals surface area contributed by atoms with Crippen molar-refractivity contribution in [3.8, 4) is 17.1 Å². The van der Waals surface area contributed by atoms with Crippen LogP contribution in [0.1, 0.15) is 12.8 Å². The highest BCUT2D eigenvalue weighted by Gasteiger charge is 2.25. The van der Waals surface area contributed by atoms with Crippen LogP contribution in [0.15, 0.2) is 66.3 Å². The Morgan fingerprint density at radius 2 is 1.79 bits per heavy atom. The molecule has 1 aliphatic rings. The summed E-state index contributed by atoms with van der Waals surface area (Å²) >= 11 is 1.73. The van der Waals surface area contributed by atoms with E-state index in [0.29, 0.717) is 6.04 Å². The molecule has 0 bridgehead atoms. The first kappa shape index (κ1) is 15.8. The molecule has 3 aromatic heterocycles. The number of rotatable bonds is 4. The van der Waals surface area contributed by atoms with Gasteiger partial charge in [0.05, 0.1) is 0 Å². The first-order valence-corrected chi connectivity index (χ1v) is 10.3. The number of nitrogens with one attached hydrogen (secondary N) is 1. The molecule has 0 atom stereocenters. The van der Waals surface area contributed by atoms with Crippen molar-refractivity contribution in [3.05, 3.63) is 66.3 Å². The third-order valence-corrected chi connectivity index (χ3v) is 6.03. The van der Waals surface area contributed by atoms with Gasteiger partial charge in [0, 0.05) is 32.8 Å². The van der Waals surface area contributed by atoms with Crippen molar-refractivity contribution in [3.63, 3.8) is 0 Å². The zero-order valence-electron chi connectivity index (χ0n) is 15.0. The van der Waals surface area contributed by atoms with E-state index >= 15 is 0 Å². The summed E-state index contributed by atoms with van der Waals surface area (Å²) in [6.45, 7) is 0. The van der Waals surface area contributed by atoms with E-state index in [2.05, 4.69) is 52.1 Å². The van der Waals surface area contributed by atoms with E-state index in [9.17, 15) is 0 Å². The number of nitrogens with zero attached hydrogens (tertiary/aromatic N) is 4. The van der Waals surface area contributed by atoms with E-state index in [0.717, 1.165) is 34.1 Å². The maximum atomic E-state index is 4.95. The summed E-state index contributed by atoms with van der Waals surface area (Å²) < 4.78 is 3.28. The predicted octanol–water partition coefficient (Wildman–Crippen LogP) is 5.27. The zero-order valence-corrected chi connectivity index (χ0v) is 15.9. The molecule has 0 radical (unpaired) electrons. The molecule has 0 saturated heterocycles. The van der Waals surface area contributed by atoms with Gasteiger partial charge in [-0.2, -0.15) is 0 Å². The van der Waals surface area contributed by atoms with Crippen molar-refractivity contribution in [1.82, 2.24) is 19.5 Å². The molecule has 3 heterocycles. The molecular weight excluding hydrogens is 366 g/mol. The second-order valence-electron chi connectivity index (χ2n) is 7.08. The number of hydrogen-bond donors (Lipinski definition) is 1. The van der Waals surface area contributed by atoms with Gasteiger partial charge in [-0.05, 0) is 31.0 Å². The molecule has 1 N–H and O–H groups in total. The van der Waals surface area contributed by atoms with Crippen LogP contribution in [0.5, 0.6) is 0 Å².